The third kappa shape index (κ3) is 8.40. The van der Waals surface area contributed by atoms with E-state index >= 15 is 0 Å². The van der Waals surface area contributed by atoms with Crippen LogP contribution in [0.2, 0.25) is 0 Å². The zero-order valence-electron chi connectivity index (χ0n) is 8.27. The van der Waals surface area contributed by atoms with Gasteiger partial charge in [-0.1, -0.05) is 20.8 Å². The molecular formula is C9H21AlN+3. The Morgan fingerprint density at radius 1 is 0.727 bits per heavy atom. The Morgan fingerprint density at radius 2 is 1.00 bits per heavy atom. The average molecular weight is 170 g/mol. The molecule has 0 saturated heterocycles. The van der Waals surface area contributed by atoms with Crippen LogP contribution in [0.3, 0.4) is 0 Å². The van der Waals surface area contributed by atoms with Gasteiger partial charge in [-0.2, -0.15) is 0 Å². The largest absolute Gasteiger partial charge is 3.00 e. The molecule has 1 nitrogen and oxygen atoms in total. The van der Waals surface area contributed by atoms with Gasteiger partial charge in [0.15, 0.2) is 0 Å². The molecule has 0 aliphatic rings. The minimum absolute atomic E-state index is 0. The molecule has 0 radical (unpaired) electrons. The van der Waals surface area contributed by atoms with Gasteiger partial charge in [-0.15, -0.1) is 0 Å². The summed E-state index contributed by atoms with van der Waals surface area (Å²) in [5.41, 5.74) is 0. The molecule has 0 N–H and O–H groups in total. The Hall–Kier alpha value is 0.492. The van der Waals surface area contributed by atoms with Gasteiger partial charge in [0.2, 0.25) is 0 Å². The summed E-state index contributed by atoms with van der Waals surface area (Å²) in [6, 6.07) is 0. The van der Waals surface area contributed by atoms with Crippen molar-refractivity contribution in [3.05, 3.63) is 0 Å². The summed E-state index contributed by atoms with van der Waals surface area (Å²) in [5.74, 6) is 0. The normalized spacial score (nSPS) is 9.82. The molecule has 0 fully saturated rings. The summed E-state index contributed by atoms with van der Waals surface area (Å²) in [6.45, 7) is 10.6. The zero-order valence-corrected chi connectivity index (χ0v) is 9.42. The van der Waals surface area contributed by atoms with Crippen molar-refractivity contribution in [1.29, 1.82) is 0 Å². The third-order valence-electron chi connectivity index (χ3n) is 1.62. The molecule has 0 amide bonds. The Balaban J connectivity index is 0. The molecule has 0 aromatic carbocycles. The molecule has 0 heterocycles. The van der Waals surface area contributed by atoms with Crippen LogP contribution in [-0.2, 0) is 0 Å². The van der Waals surface area contributed by atoms with Crippen LogP contribution < -0.4 is 0 Å². The maximum Gasteiger partial charge on any atom is 3.00 e. The smallest absolute Gasteiger partial charge is 0.303 e. The van der Waals surface area contributed by atoms with Crippen molar-refractivity contribution in [2.75, 3.05) is 19.6 Å². The fourth-order valence-corrected chi connectivity index (χ4v) is 1.28. The van der Waals surface area contributed by atoms with E-state index in [0.717, 1.165) is 0 Å². The van der Waals surface area contributed by atoms with Crippen LogP contribution in [0.5, 0.6) is 0 Å². The van der Waals surface area contributed by atoms with Crippen molar-refractivity contribution in [1.82, 2.24) is 4.90 Å². The number of hydrogen-bond donors (Lipinski definition) is 0. The minimum Gasteiger partial charge on any atom is -0.303 e. The second-order valence-electron chi connectivity index (χ2n) is 2.84. The summed E-state index contributed by atoms with van der Waals surface area (Å²) >= 11 is 0. The number of hydrogen-bond acceptors (Lipinski definition) is 1. The van der Waals surface area contributed by atoms with Crippen molar-refractivity contribution in [2.45, 2.75) is 40.0 Å². The maximum atomic E-state index is 2.54. The van der Waals surface area contributed by atoms with E-state index in [1.165, 1.54) is 38.9 Å². The number of rotatable bonds is 6. The molecule has 2 heteroatoms. The zero-order chi connectivity index (χ0) is 7.82. The Labute approximate surface area is 82.3 Å². The number of nitrogens with zero attached hydrogens (tertiary/aromatic N) is 1. The van der Waals surface area contributed by atoms with Crippen molar-refractivity contribution in [2.24, 2.45) is 0 Å². The van der Waals surface area contributed by atoms with E-state index in [-0.39, 0.29) is 17.4 Å². The van der Waals surface area contributed by atoms with Crippen LogP contribution >= 0.6 is 0 Å². The minimum atomic E-state index is 0. The van der Waals surface area contributed by atoms with Crippen molar-refractivity contribution in [3.63, 3.8) is 0 Å². The predicted octanol–water partition coefficient (Wildman–Crippen LogP) is 2.14. The van der Waals surface area contributed by atoms with E-state index in [0.29, 0.717) is 0 Å². The molecule has 0 unspecified atom stereocenters. The topological polar surface area (TPSA) is 3.24 Å². The molecule has 0 aliphatic carbocycles. The summed E-state index contributed by atoms with van der Waals surface area (Å²) in [5, 5.41) is 0. The van der Waals surface area contributed by atoms with Crippen molar-refractivity contribution < 1.29 is 0 Å². The van der Waals surface area contributed by atoms with Crippen molar-refractivity contribution >= 4 is 17.4 Å². The van der Waals surface area contributed by atoms with E-state index in [2.05, 4.69) is 25.7 Å². The van der Waals surface area contributed by atoms with Gasteiger partial charge in [0.05, 0.1) is 0 Å². The molecule has 0 saturated carbocycles. The molecule has 0 rings (SSSR count). The van der Waals surface area contributed by atoms with Gasteiger partial charge < -0.3 is 4.90 Å². The molecule has 62 valence electrons. The monoisotopic (exact) mass is 170 g/mol. The van der Waals surface area contributed by atoms with E-state index in [1.54, 1.807) is 0 Å². The molecule has 0 atom stereocenters. The van der Waals surface area contributed by atoms with Gasteiger partial charge in [-0.3, -0.25) is 0 Å². The van der Waals surface area contributed by atoms with Crippen LogP contribution in [0, 0.1) is 0 Å². The molecule has 0 aliphatic heterocycles. The van der Waals surface area contributed by atoms with Gasteiger partial charge in [-0.25, -0.2) is 0 Å². The van der Waals surface area contributed by atoms with E-state index in [1.807, 2.05) is 0 Å². The molecular weight excluding hydrogens is 149 g/mol. The second kappa shape index (κ2) is 10.5. The SMILES string of the molecule is CCCN(CCC)CCC.[Al+3]. The van der Waals surface area contributed by atoms with Gasteiger partial charge in [0.1, 0.15) is 0 Å². The van der Waals surface area contributed by atoms with E-state index in [9.17, 15) is 0 Å². The maximum absolute atomic E-state index is 2.54. The fraction of sp³-hybridized carbons (Fsp3) is 1.00. The summed E-state index contributed by atoms with van der Waals surface area (Å²) < 4.78 is 0. The molecule has 0 bridgehead atoms. The summed E-state index contributed by atoms with van der Waals surface area (Å²) in [6.07, 6.45) is 3.88. The summed E-state index contributed by atoms with van der Waals surface area (Å²) in [4.78, 5) is 2.54. The molecule has 11 heavy (non-hydrogen) atoms. The van der Waals surface area contributed by atoms with Crippen LogP contribution in [0.1, 0.15) is 40.0 Å². The van der Waals surface area contributed by atoms with Crippen LogP contribution in [0.4, 0.5) is 0 Å². The first-order valence-electron chi connectivity index (χ1n) is 4.57. The van der Waals surface area contributed by atoms with E-state index < -0.39 is 0 Å². The Bertz CT molecular complexity index is 52.3. The summed E-state index contributed by atoms with van der Waals surface area (Å²) in [7, 11) is 0. The van der Waals surface area contributed by atoms with Gasteiger partial charge in [0, 0.05) is 0 Å². The van der Waals surface area contributed by atoms with Gasteiger partial charge in [-0.05, 0) is 38.9 Å². The first-order valence-corrected chi connectivity index (χ1v) is 4.57. The van der Waals surface area contributed by atoms with Gasteiger partial charge in [0.25, 0.3) is 0 Å². The van der Waals surface area contributed by atoms with Gasteiger partial charge >= 0.3 is 17.4 Å². The standard InChI is InChI=1S/C9H21N.Al/c1-4-7-10(8-5-2)9-6-3;/h4-9H2,1-3H3;/q;+3. The quantitative estimate of drug-likeness (QED) is 0.552. The van der Waals surface area contributed by atoms with Crippen molar-refractivity contribution in [3.8, 4) is 0 Å². The predicted molar refractivity (Wildman–Crippen MR) is 53.1 cm³/mol. The molecule has 0 aromatic rings. The van der Waals surface area contributed by atoms with Crippen LogP contribution in [0.25, 0.3) is 0 Å². The fourth-order valence-electron chi connectivity index (χ4n) is 1.28. The van der Waals surface area contributed by atoms with E-state index in [4.69, 9.17) is 0 Å². The molecule has 0 spiro atoms. The first kappa shape index (κ1) is 14.0. The third-order valence-corrected chi connectivity index (χ3v) is 1.62. The average Bonchev–Trinajstić information content (AvgIpc) is 1.90. The molecule has 0 aromatic heterocycles. The second-order valence-corrected chi connectivity index (χ2v) is 2.84. The van der Waals surface area contributed by atoms with Crippen LogP contribution in [0.15, 0.2) is 0 Å². The Morgan fingerprint density at radius 3 is 1.18 bits per heavy atom. The first-order chi connectivity index (χ1) is 4.85. The Kier molecular flexibility index (Phi) is 13.4. The van der Waals surface area contributed by atoms with Crippen LogP contribution in [-0.4, -0.2) is 41.9 Å².